The third kappa shape index (κ3) is 4.69. The number of carbonyl (C=O) groups excluding carboxylic acids is 3. The van der Waals surface area contributed by atoms with Crippen LogP contribution in [-0.4, -0.2) is 60.2 Å². The summed E-state index contributed by atoms with van der Waals surface area (Å²) in [5.41, 5.74) is 2.56. The van der Waals surface area contributed by atoms with Crippen LogP contribution in [-0.2, 0) is 9.59 Å². The Morgan fingerprint density at radius 3 is 2.37 bits per heavy atom. The van der Waals surface area contributed by atoms with Crippen molar-refractivity contribution in [3.8, 4) is 0 Å². The number of rotatable bonds is 5. The first-order valence-electron chi connectivity index (χ1n) is 8.86. The molecule has 27 heavy (non-hydrogen) atoms. The lowest BCUT2D eigenvalue weighted by molar-refractivity contribution is -0.132. The fourth-order valence-electron chi connectivity index (χ4n) is 2.95. The van der Waals surface area contributed by atoms with E-state index >= 15 is 0 Å². The van der Waals surface area contributed by atoms with Gasteiger partial charge in [-0.05, 0) is 31.2 Å². The minimum Gasteiger partial charge on any atom is -0.368 e. The fourth-order valence-corrected chi connectivity index (χ4v) is 2.95. The number of Topliss-reactive ketones (excluding diaryl/α,β-unsaturated/α-hetero) is 1. The maximum absolute atomic E-state index is 12.3. The van der Waals surface area contributed by atoms with Gasteiger partial charge in [-0.15, -0.1) is 0 Å². The van der Waals surface area contributed by atoms with Gasteiger partial charge >= 0.3 is 0 Å². The second-order valence-corrected chi connectivity index (χ2v) is 6.46. The third-order valence-corrected chi connectivity index (χ3v) is 4.56. The highest BCUT2D eigenvalue weighted by atomic mass is 16.2. The average molecular weight is 366 g/mol. The Balaban J connectivity index is 1.46. The molecule has 0 bridgehead atoms. The summed E-state index contributed by atoms with van der Waals surface area (Å²) >= 11 is 0. The monoisotopic (exact) mass is 366 g/mol. The summed E-state index contributed by atoms with van der Waals surface area (Å²) < 4.78 is 0. The second kappa shape index (κ2) is 8.44. The van der Waals surface area contributed by atoms with Crippen LogP contribution in [0.5, 0.6) is 0 Å². The first-order valence-corrected chi connectivity index (χ1v) is 8.86. The van der Waals surface area contributed by atoms with E-state index in [9.17, 15) is 14.4 Å². The molecule has 1 aliphatic heterocycles. The van der Waals surface area contributed by atoms with Gasteiger partial charge in [0.05, 0.1) is 6.54 Å². The van der Waals surface area contributed by atoms with Gasteiger partial charge in [0.25, 0.3) is 11.7 Å². The van der Waals surface area contributed by atoms with E-state index in [1.807, 2.05) is 6.92 Å². The number of aromatic nitrogens is 1. The molecule has 1 fully saturated rings. The van der Waals surface area contributed by atoms with Crippen molar-refractivity contribution in [3.63, 3.8) is 0 Å². The van der Waals surface area contributed by atoms with E-state index in [4.69, 9.17) is 0 Å². The summed E-state index contributed by atoms with van der Waals surface area (Å²) in [7, 11) is 0. The van der Waals surface area contributed by atoms with Crippen LogP contribution in [0, 0.1) is 6.92 Å². The molecule has 2 aromatic rings. The molecule has 2 amide bonds. The summed E-state index contributed by atoms with van der Waals surface area (Å²) in [6.45, 7) is 4.50. The molecule has 0 radical (unpaired) electrons. The van der Waals surface area contributed by atoms with Gasteiger partial charge < -0.3 is 15.1 Å². The van der Waals surface area contributed by atoms with E-state index in [2.05, 4.69) is 39.5 Å². The number of aryl methyl sites for hydroxylation is 1. The van der Waals surface area contributed by atoms with Crippen LogP contribution in [0.25, 0.3) is 0 Å². The molecule has 2 heterocycles. The van der Waals surface area contributed by atoms with Crippen LogP contribution in [0.2, 0.25) is 0 Å². The van der Waals surface area contributed by atoms with E-state index in [1.54, 1.807) is 11.0 Å². The lowest BCUT2D eigenvalue weighted by Gasteiger charge is -2.36. The van der Waals surface area contributed by atoms with Crippen molar-refractivity contribution >= 4 is 23.3 Å². The van der Waals surface area contributed by atoms with Crippen LogP contribution < -0.4 is 10.2 Å². The Morgan fingerprint density at radius 2 is 1.74 bits per heavy atom. The highest BCUT2D eigenvalue weighted by Crippen LogP contribution is 2.17. The van der Waals surface area contributed by atoms with Crippen LogP contribution in [0.15, 0.2) is 48.8 Å². The van der Waals surface area contributed by atoms with E-state index < -0.39 is 11.7 Å². The molecule has 1 aromatic carbocycles. The number of amides is 2. The van der Waals surface area contributed by atoms with Gasteiger partial charge in [-0.2, -0.15) is 0 Å². The molecule has 0 aliphatic carbocycles. The zero-order chi connectivity index (χ0) is 19.2. The fraction of sp³-hybridized carbons (Fsp3) is 0.300. The van der Waals surface area contributed by atoms with Crippen molar-refractivity contribution in [3.05, 3.63) is 59.9 Å². The molecule has 0 atom stereocenters. The maximum atomic E-state index is 12.3. The Bertz CT molecular complexity index is 813. The zero-order valence-electron chi connectivity index (χ0n) is 15.2. The Kier molecular flexibility index (Phi) is 5.80. The van der Waals surface area contributed by atoms with Gasteiger partial charge in [0.1, 0.15) is 0 Å². The minimum absolute atomic E-state index is 0.185. The number of pyridine rings is 1. The van der Waals surface area contributed by atoms with Gasteiger partial charge in [0, 0.05) is 49.8 Å². The quantitative estimate of drug-likeness (QED) is 0.631. The van der Waals surface area contributed by atoms with Crippen molar-refractivity contribution in [1.29, 1.82) is 0 Å². The smallest absolute Gasteiger partial charge is 0.292 e. The Morgan fingerprint density at radius 1 is 1.04 bits per heavy atom. The number of hydrogen-bond donors (Lipinski definition) is 1. The summed E-state index contributed by atoms with van der Waals surface area (Å²) in [6, 6.07) is 11.4. The van der Waals surface area contributed by atoms with E-state index in [0.717, 1.165) is 18.8 Å². The predicted octanol–water partition coefficient (Wildman–Crippen LogP) is 1.04. The van der Waals surface area contributed by atoms with Crippen molar-refractivity contribution in [2.45, 2.75) is 6.92 Å². The largest absolute Gasteiger partial charge is 0.368 e. The van der Waals surface area contributed by atoms with Crippen LogP contribution in [0.3, 0.4) is 0 Å². The highest BCUT2D eigenvalue weighted by Gasteiger charge is 2.23. The Hall–Kier alpha value is -3.22. The standard InChI is InChI=1S/C20H22N4O3/c1-15-4-6-17(7-5-15)23-9-11-24(12-10-23)18(25)14-22-20(27)19(26)16-3-2-8-21-13-16/h2-8,13H,9-12,14H2,1H3,(H,22,27). The first-order chi connectivity index (χ1) is 13.0. The maximum Gasteiger partial charge on any atom is 0.292 e. The SMILES string of the molecule is Cc1ccc(N2CCN(C(=O)CNC(=O)C(=O)c3cccnc3)CC2)cc1. The number of nitrogens with zero attached hydrogens (tertiary/aromatic N) is 3. The summed E-state index contributed by atoms with van der Waals surface area (Å²) in [5, 5.41) is 2.41. The van der Waals surface area contributed by atoms with Gasteiger partial charge in [-0.25, -0.2) is 0 Å². The molecule has 140 valence electrons. The van der Waals surface area contributed by atoms with Crippen molar-refractivity contribution in [2.75, 3.05) is 37.6 Å². The first kappa shape index (κ1) is 18.6. The number of nitrogens with one attached hydrogen (secondary N) is 1. The molecular formula is C20H22N4O3. The minimum atomic E-state index is -0.797. The predicted molar refractivity (Wildman–Crippen MR) is 102 cm³/mol. The molecule has 1 aromatic heterocycles. The molecule has 0 saturated carbocycles. The number of piperazine rings is 1. The third-order valence-electron chi connectivity index (χ3n) is 4.56. The van der Waals surface area contributed by atoms with E-state index in [1.165, 1.54) is 24.0 Å². The van der Waals surface area contributed by atoms with Crippen molar-refractivity contribution < 1.29 is 14.4 Å². The van der Waals surface area contributed by atoms with Gasteiger partial charge in [-0.1, -0.05) is 17.7 Å². The highest BCUT2D eigenvalue weighted by molar-refractivity contribution is 6.42. The van der Waals surface area contributed by atoms with Gasteiger partial charge in [0.2, 0.25) is 5.91 Å². The molecule has 1 N–H and O–H groups in total. The lowest BCUT2D eigenvalue weighted by atomic mass is 10.2. The molecular weight excluding hydrogens is 344 g/mol. The van der Waals surface area contributed by atoms with E-state index in [0.29, 0.717) is 13.1 Å². The Labute approximate surface area is 158 Å². The van der Waals surface area contributed by atoms with Gasteiger partial charge in [-0.3, -0.25) is 19.4 Å². The van der Waals surface area contributed by atoms with Crippen LogP contribution in [0.1, 0.15) is 15.9 Å². The van der Waals surface area contributed by atoms with Crippen molar-refractivity contribution in [2.24, 2.45) is 0 Å². The number of benzene rings is 1. The van der Waals surface area contributed by atoms with Crippen LogP contribution in [0.4, 0.5) is 5.69 Å². The molecule has 1 saturated heterocycles. The summed E-state index contributed by atoms with van der Waals surface area (Å²) in [4.78, 5) is 44.0. The molecule has 1 aliphatic rings. The van der Waals surface area contributed by atoms with Crippen LogP contribution >= 0.6 is 0 Å². The molecule has 7 nitrogen and oxygen atoms in total. The number of anilines is 1. The molecule has 3 rings (SSSR count). The number of ketones is 1. The number of hydrogen-bond acceptors (Lipinski definition) is 5. The summed E-state index contributed by atoms with van der Waals surface area (Å²) in [6.07, 6.45) is 2.85. The topological polar surface area (TPSA) is 82.6 Å². The lowest BCUT2D eigenvalue weighted by Crippen LogP contribution is -2.51. The van der Waals surface area contributed by atoms with Crippen molar-refractivity contribution in [1.82, 2.24) is 15.2 Å². The normalized spacial score (nSPS) is 14.0. The summed E-state index contributed by atoms with van der Waals surface area (Å²) in [5.74, 6) is -1.68. The average Bonchev–Trinajstić information content (AvgIpc) is 2.72. The number of carbonyl (C=O) groups is 3. The molecule has 0 spiro atoms. The molecule has 7 heteroatoms. The van der Waals surface area contributed by atoms with E-state index in [-0.39, 0.29) is 18.0 Å². The second-order valence-electron chi connectivity index (χ2n) is 6.46. The zero-order valence-corrected chi connectivity index (χ0v) is 15.2. The molecule has 0 unspecified atom stereocenters. The van der Waals surface area contributed by atoms with Gasteiger partial charge in [0.15, 0.2) is 0 Å².